The molecule has 0 unspecified atom stereocenters. The zero-order chi connectivity index (χ0) is 15.5. The Balaban J connectivity index is 1.77. The van der Waals surface area contributed by atoms with Crippen molar-refractivity contribution in [3.63, 3.8) is 0 Å². The van der Waals surface area contributed by atoms with Crippen molar-refractivity contribution in [1.82, 2.24) is 4.90 Å². The first-order valence-corrected chi connectivity index (χ1v) is 8.06. The number of nitrogens with zero attached hydrogens (tertiary/aromatic N) is 1. The lowest BCUT2D eigenvalue weighted by molar-refractivity contribution is -0.160. The molecule has 5 heteroatoms. The molecule has 1 aliphatic heterocycles. The minimum Gasteiger partial charge on any atom is -0.481 e. The molecule has 1 aliphatic carbocycles. The third-order valence-corrected chi connectivity index (χ3v) is 4.71. The standard InChI is InChI=1S/C16H27NO4/c1-12(2)11-21-13-4-8-17(9-5-13)14(18)10-16(15(19)20)6-3-7-16/h12-13H,3-11H2,1-2H3,(H,19,20). The molecular formula is C16H27NO4. The minimum atomic E-state index is -0.808. The van der Waals surface area contributed by atoms with Gasteiger partial charge < -0.3 is 14.7 Å². The van der Waals surface area contributed by atoms with Crippen LogP contribution in [0.2, 0.25) is 0 Å². The van der Waals surface area contributed by atoms with Gasteiger partial charge in [-0.05, 0) is 31.6 Å². The van der Waals surface area contributed by atoms with Crippen LogP contribution in [0.5, 0.6) is 0 Å². The van der Waals surface area contributed by atoms with E-state index in [1.807, 2.05) is 4.90 Å². The van der Waals surface area contributed by atoms with Crippen molar-refractivity contribution in [2.75, 3.05) is 19.7 Å². The normalized spacial score (nSPS) is 22.1. The third kappa shape index (κ3) is 3.96. The molecule has 0 spiro atoms. The van der Waals surface area contributed by atoms with Crippen LogP contribution in [0.4, 0.5) is 0 Å². The van der Waals surface area contributed by atoms with E-state index in [0.717, 1.165) is 25.9 Å². The number of ether oxygens (including phenoxy) is 1. The lowest BCUT2D eigenvalue weighted by Gasteiger charge is -2.39. The maximum absolute atomic E-state index is 12.3. The summed E-state index contributed by atoms with van der Waals surface area (Å²) in [4.78, 5) is 25.5. The van der Waals surface area contributed by atoms with Crippen molar-refractivity contribution >= 4 is 11.9 Å². The molecule has 1 saturated heterocycles. The Labute approximate surface area is 126 Å². The van der Waals surface area contributed by atoms with Crippen molar-refractivity contribution in [2.24, 2.45) is 11.3 Å². The number of hydrogen-bond acceptors (Lipinski definition) is 3. The summed E-state index contributed by atoms with van der Waals surface area (Å²) < 4.78 is 5.81. The van der Waals surface area contributed by atoms with E-state index in [2.05, 4.69) is 13.8 Å². The highest BCUT2D eigenvalue weighted by molar-refractivity contribution is 5.85. The molecule has 1 amide bonds. The summed E-state index contributed by atoms with van der Waals surface area (Å²) in [6.45, 7) is 6.40. The first-order chi connectivity index (χ1) is 9.93. The number of rotatable bonds is 6. The summed E-state index contributed by atoms with van der Waals surface area (Å²) in [5, 5.41) is 9.30. The number of amides is 1. The molecule has 0 aromatic rings. The van der Waals surface area contributed by atoms with E-state index in [-0.39, 0.29) is 18.4 Å². The van der Waals surface area contributed by atoms with Gasteiger partial charge in [0.25, 0.3) is 0 Å². The Morgan fingerprint density at radius 2 is 1.90 bits per heavy atom. The van der Waals surface area contributed by atoms with Gasteiger partial charge in [0.05, 0.1) is 11.5 Å². The zero-order valence-electron chi connectivity index (χ0n) is 13.1. The van der Waals surface area contributed by atoms with Gasteiger partial charge >= 0.3 is 5.97 Å². The van der Waals surface area contributed by atoms with Gasteiger partial charge in [-0.25, -0.2) is 0 Å². The van der Waals surface area contributed by atoms with Crippen LogP contribution in [-0.4, -0.2) is 47.7 Å². The number of hydrogen-bond donors (Lipinski definition) is 1. The van der Waals surface area contributed by atoms with Crippen LogP contribution in [0.15, 0.2) is 0 Å². The van der Waals surface area contributed by atoms with Gasteiger partial charge in [-0.15, -0.1) is 0 Å². The van der Waals surface area contributed by atoms with E-state index >= 15 is 0 Å². The second-order valence-electron chi connectivity index (χ2n) is 6.92. The molecule has 120 valence electrons. The largest absolute Gasteiger partial charge is 0.481 e. The minimum absolute atomic E-state index is 0.000547. The van der Waals surface area contributed by atoms with Crippen LogP contribution in [0.3, 0.4) is 0 Å². The Hall–Kier alpha value is -1.10. The Morgan fingerprint density at radius 3 is 2.33 bits per heavy atom. The molecule has 1 heterocycles. The van der Waals surface area contributed by atoms with Crippen LogP contribution < -0.4 is 0 Å². The molecule has 0 aromatic heterocycles. The highest BCUT2D eigenvalue weighted by atomic mass is 16.5. The highest BCUT2D eigenvalue weighted by Crippen LogP contribution is 2.44. The molecule has 2 rings (SSSR count). The molecule has 21 heavy (non-hydrogen) atoms. The molecule has 0 atom stereocenters. The van der Waals surface area contributed by atoms with Gasteiger partial charge in [0.2, 0.25) is 5.91 Å². The first kappa shape index (κ1) is 16.3. The summed E-state index contributed by atoms with van der Waals surface area (Å²) in [7, 11) is 0. The molecule has 0 radical (unpaired) electrons. The number of carboxylic acids is 1. The van der Waals surface area contributed by atoms with Crippen molar-refractivity contribution in [1.29, 1.82) is 0 Å². The fraction of sp³-hybridized carbons (Fsp3) is 0.875. The Morgan fingerprint density at radius 1 is 1.29 bits per heavy atom. The second kappa shape index (κ2) is 6.77. The lowest BCUT2D eigenvalue weighted by Crippen LogP contribution is -2.46. The van der Waals surface area contributed by atoms with Crippen LogP contribution in [0.25, 0.3) is 0 Å². The summed E-state index contributed by atoms with van der Waals surface area (Å²) in [6.07, 6.45) is 4.33. The summed E-state index contributed by atoms with van der Waals surface area (Å²) in [5.74, 6) is -0.282. The maximum atomic E-state index is 12.3. The number of aliphatic carboxylic acids is 1. The number of likely N-dealkylation sites (tertiary alicyclic amines) is 1. The van der Waals surface area contributed by atoms with Crippen LogP contribution in [0.1, 0.15) is 52.4 Å². The van der Waals surface area contributed by atoms with E-state index in [9.17, 15) is 14.7 Å². The lowest BCUT2D eigenvalue weighted by atomic mass is 9.66. The molecule has 1 N–H and O–H groups in total. The van der Waals surface area contributed by atoms with Gasteiger partial charge in [-0.1, -0.05) is 20.3 Å². The second-order valence-corrected chi connectivity index (χ2v) is 6.92. The van der Waals surface area contributed by atoms with Crippen LogP contribution in [0, 0.1) is 11.3 Å². The highest BCUT2D eigenvalue weighted by Gasteiger charge is 2.46. The van der Waals surface area contributed by atoms with Crippen molar-refractivity contribution in [3.8, 4) is 0 Å². The van der Waals surface area contributed by atoms with Crippen molar-refractivity contribution in [2.45, 2.75) is 58.5 Å². The molecule has 0 bridgehead atoms. The van der Waals surface area contributed by atoms with Gasteiger partial charge in [-0.2, -0.15) is 0 Å². The fourth-order valence-corrected chi connectivity index (χ4v) is 3.07. The molecule has 0 aromatic carbocycles. The van der Waals surface area contributed by atoms with Crippen molar-refractivity contribution < 1.29 is 19.4 Å². The molecule has 1 saturated carbocycles. The van der Waals surface area contributed by atoms with E-state index in [0.29, 0.717) is 31.8 Å². The SMILES string of the molecule is CC(C)COC1CCN(C(=O)CC2(C(=O)O)CCC2)CC1. The molecular weight excluding hydrogens is 270 g/mol. The van der Waals surface area contributed by atoms with Gasteiger partial charge in [0, 0.05) is 26.1 Å². The number of piperidine rings is 1. The van der Waals surface area contributed by atoms with Gasteiger partial charge in [-0.3, -0.25) is 9.59 Å². The average molecular weight is 297 g/mol. The summed E-state index contributed by atoms with van der Waals surface area (Å²) in [5.41, 5.74) is -0.776. The van der Waals surface area contributed by atoms with E-state index in [1.54, 1.807) is 0 Å². The third-order valence-electron chi connectivity index (χ3n) is 4.71. The molecule has 2 fully saturated rings. The number of carbonyl (C=O) groups is 2. The fourth-order valence-electron chi connectivity index (χ4n) is 3.07. The monoisotopic (exact) mass is 297 g/mol. The summed E-state index contributed by atoms with van der Waals surface area (Å²) in [6, 6.07) is 0. The van der Waals surface area contributed by atoms with Gasteiger partial charge in [0.15, 0.2) is 0 Å². The maximum Gasteiger partial charge on any atom is 0.310 e. The Kier molecular flexibility index (Phi) is 5.25. The van der Waals surface area contributed by atoms with Gasteiger partial charge in [0.1, 0.15) is 0 Å². The first-order valence-electron chi connectivity index (χ1n) is 8.06. The quantitative estimate of drug-likeness (QED) is 0.817. The topological polar surface area (TPSA) is 66.8 Å². The molecule has 2 aliphatic rings. The molecule has 5 nitrogen and oxygen atoms in total. The van der Waals surface area contributed by atoms with Crippen molar-refractivity contribution in [3.05, 3.63) is 0 Å². The van der Waals surface area contributed by atoms with E-state index in [1.165, 1.54) is 0 Å². The van der Waals surface area contributed by atoms with Crippen LogP contribution in [-0.2, 0) is 14.3 Å². The average Bonchev–Trinajstić information content (AvgIpc) is 2.40. The number of carboxylic acid groups (broad SMARTS) is 1. The number of carbonyl (C=O) groups excluding carboxylic acids is 1. The Bertz CT molecular complexity index is 382. The van der Waals surface area contributed by atoms with Crippen LogP contribution >= 0.6 is 0 Å². The summed E-state index contributed by atoms with van der Waals surface area (Å²) >= 11 is 0. The zero-order valence-corrected chi connectivity index (χ0v) is 13.1. The predicted octanol–water partition coefficient (Wildman–Crippen LogP) is 2.29. The smallest absolute Gasteiger partial charge is 0.310 e. The predicted molar refractivity (Wildman–Crippen MR) is 78.9 cm³/mol. The van der Waals surface area contributed by atoms with E-state index in [4.69, 9.17) is 4.74 Å². The van der Waals surface area contributed by atoms with E-state index < -0.39 is 11.4 Å².